The molecule has 1 fully saturated rings. The molecular weight excluding hydrogens is 168 g/mol. The first-order valence-electron chi connectivity index (χ1n) is 3.32. The van der Waals surface area contributed by atoms with Crippen LogP contribution in [0.4, 0.5) is 0 Å². The van der Waals surface area contributed by atoms with Gasteiger partial charge >= 0.3 is 0 Å². The Bertz CT molecular complexity index is 231. The molecule has 1 aromatic rings. The molecule has 4 heteroatoms. The molecule has 0 aliphatic heterocycles. The highest BCUT2D eigenvalue weighted by atomic mass is 35.5. The van der Waals surface area contributed by atoms with Gasteiger partial charge in [-0.05, 0) is 30.4 Å². The van der Waals surface area contributed by atoms with Crippen molar-refractivity contribution in [2.45, 2.75) is 19.3 Å². The highest BCUT2D eigenvalue weighted by Crippen LogP contribution is 2.33. The lowest BCUT2D eigenvalue weighted by atomic mass is 10.3. The molecule has 1 aromatic heterocycles. The molecule has 0 N–H and O–H groups in total. The minimum atomic E-state index is 0.565. The molecule has 54 valence electrons. The van der Waals surface area contributed by atoms with Crippen LogP contribution in [-0.2, 0) is 6.42 Å². The molecule has 2 nitrogen and oxygen atoms in total. The Hall–Kier alpha value is -0.150. The van der Waals surface area contributed by atoms with E-state index in [0.717, 1.165) is 17.3 Å². The van der Waals surface area contributed by atoms with Gasteiger partial charge in [-0.15, -0.1) is 10.2 Å². The van der Waals surface area contributed by atoms with Crippen LogP contribution in [0.25, 0.3) is 0 Å². The second kappa shape index (κ2) is 2.47. The maximum atomic E-state index is 5.61. The summed E-state index contributed by atoms with van der Waals surface area (Å²) in [6.07, 6.45) is 3.80. The second-order valence-corrected chi connectivity index (χ2v) is 4.24. The summed E-state index contributed by atoms with van der Waals surface area (Å²) >= 11 is 7.11. The van der Waals surface area contributed by atoms with Crippen molar-refractivity contribution in [3.8, 4) is 0 Å². The van der Waals surface area contributed by atoms with Crippen LogP contribution in [0.3, 0.4) is 0 Å². The number of hydrogen-bond donors (Lipinski definition) is 0. The summed E-state index contributed by atoms with van der Waals surface area (Å²) in [5, 5.41) is 8.75. The molecular formula is C6H7ClN2S. The van der Waals surface area contributed by atoms with Crippen LogP contribution in [0.2, 0.25) is 4.47 Å². The summed E-state index contributed by atoms with van der Waals surface area (Å²) in [6, 6.07) is 0. The number of hydrogen-bond acceptors (Lipinski definition) is 3. The Balaban J connectivity index is 2.03. The van der Waals surface area contributed by atoms with Gasteiger partial charge in [0.15, 0.2) is 0 Å². The fourth-order valence-corrected chi connectivity index (χ4v) is 1.87. The summed E-state index contributed by atoms with van der Waals surface area (Å²) in [5.41, 5.74) is 0. The lowest BCUT2D eigenvalue weighted by Gasteiger charge is -1.85. The average molecular weight is 175 g/mol. The topological polar surface area (TPSA) is 25.8 Å². The Morgan fingerprint density at radius 3 is 2.80 bits per heavy atom. The monoisotopic (exact) mass is 174 g/mol. The van der Waals surface area contributed by atoms with Crippen LogP contribution in [-0.4, -0.2) is 10.2 Å². The number of rotatable bonds is 2. The van der Waals surface area contributed by atoms with Crippen molar-refractivity contribution in [3.05, 3.63) is 9.47 Å². The van der Waals surface area contributed by atoms with E-state index in [1.54, 1.807) is 0 Å². The predicted octanol–water partition coefficient (Wildman–Crippen LogP) is 2.14. The third-order valence-corrected chi connectivity index (χ3v) is 2.64. The van der Waals surface area contributed by atoms with Gasteiger partial charge in [0.25, 0.3) is 0 Å². The third-order valence-electron chi connectivity index (χ3n) is 1.60. The van der Waals surface area contributed by atoms with Crippen LogP contribution in [0.1, 0.15) is 17.8 Å². The van der Waals surface area contributed by atoms with Crippen LogP contribution in [0, 0.1) is 5.92 Å². The molecule has 0 spiro atoms. The average Bonchev–Trinajstić information content (AvgIpc) is 2.59. The van der Waals surface area contributed by atoms with Crippen molar-refractivity contribution in [2.24, 2.45) is 5.92 Å². The van der Waals surface area contributed by atoms with Crippen molar-refractivity contribution in [3.63, 3.8) is 0 Å². The van der Waals surface area contributed by atoms with Gasteiger partial charge in [0.2, 0.25) is 4.47 Å². The van der Waals surface area contributed by atoms with Gasteiger partial charge < -0.3 is 0 Å². The van der Waals surface area contributed by atoms with E-state index in [1.165, 1.54) is 24.2 Å². The molecule has 1 aliphatic rings. The molecule has 0 aromatic carbocycles. The predicted molar refractivity (Wildman–Crippen MR) is 41.3 cm³/mol. The lowest BCUT2D eigenvalue weighted by Crippen LogP contribution is -1.84. The molecule has 0 unspecified atom stereocenters. The van der Waals surface area contributed by atoms with Gasteiger partial charge in [-0.2, -0.15) is 0 Å². The van der Waals surface area contributed by atoms with Crippen LogP contribution >= 0.6 is 22.9 Å². The van der Waals surface area contributed by atoms with E-state index in [2.05, 4.69) is 10.2 Å². The van der Waals surface area contributed by atoms with Crippen molar-refractivity contribution < 1.29 is 0 Å². The molecule has 1 aliphatic carbocycles. The zero-order valence-corrected chi connectivity index (χ0v) is 6.95. The highest BCUT2D eigenvalue weighted by molar-refractivity contribution is 7.15. The van der Waals surface area contributed by atoms with E-state index in [0.29, 0.717) is 4.47 Å². The third kappa shape index (κ3) is 1.47. The standard InChI is InChI=1S/C6H7ClN2S/c7-6-9-8-5(10-6)3-4-1-2-4/h4H,1-3H2. The maximum Gasteiger partial charge on any atom is 0.207 e. The van der Waals surface area contributed by atoms with Gasteiger partial charge in [0, 0.05) is 6.42 Å². The first-order chi connectivity index (χ1) is 4.84. The van der Waals surface area contributed by atoms with E-state index in [-0.39, 0.29) is 0 Å². The Morgan fingerprint density at radius 1 is 1.50 bits per heavy atom. The zero-order chi connectivity index (χ0) is 6.97. The van der Waals surface area contributed by atoms with E-state index < -0.39 is 0 Å². The van der Waals surface area contributed by atoms with Gasteiger partial charge in [-0.1, -0.05) is 11.3 Å². The maximum absolute atomic E-state index is 5.61. The molecule has 0 atom stereocenters. The molecule has 0 bridgehead atoms. The van der Waals surface area contributed by atoms with Crippen molar-refractivity contribution >= 4 is 22.9 Å². The van der Waals surface area contributed by atoms with E-state index in [4.69, 9.17) is 11.6 Å². The van der Waals surface area contributed by atoms with E-state index >= 15 is 0 Å². The molecule has 1 heterocycles. The van der Waals surface area contributed by atoms with Gasteiger partial charge in [0.1, 0.15) is 5.01 Å². The van der Waals surface area contributed by atoms with Crippen molar-refractivity contribution in [1.29, 1.82) is 0 Å². The Kier molecular flexibility index (Phi) is 1.62. The quantitative estimate of drug-likeness (QED) is 0.687. The molecule has 0 radical (unpaired) electrons. The fraction of sp³-hybridized carbons (Fsp3) is 0.667. The Morgan fingerprint density at radius 2 is 2.30 bits per heavy atom. The first-order valence-corrected chi connectivity index (χ1v) is 4.52. The van der Waals surface area contributed by atoms with Gasteiger partial charge in [-0.25, -0.2) is 0 Å². The first kappa shape index (κ1) is 6.55. The van der Waals surface area contributed by atoms with Crippen molar-refractivity contribution in [2.75, 3.05) is 0 Å². The van der Waals surface area contributed by atoms with E-state index in [1.807, 2.05) is 0 Å². The summed E-state index contributed by atoms with van der Waals surface area (Å²) in [4.78, 5) is 0. The zero-order valence-electron chi connectivity index (χ0n) is 5.38. The number of halogens is 1. The van der Waals surface area contributed by atoms with Crippen LogP contribution < -0.4 is 0 Å². The van der Waals surface area contributed by atoms with Gasteiger partial charge in [0.05, 0.1) is 0 Å². The minimum absolute atomic E-state index is 0.565. The fourth-order valence-electron chi connectivity index (χ4n) is 0.885. The van der Waals surface area contributed by atoms with Crippen molar-refractivity contribution in [1.82, 2.24) is 10.2 Å². The SMILES string of the molecule is Clc1nnc(CC2CC2)s1. The highest BCUT2D eigenvalue weighted by Gasteiger charge is 2.23. The second-order valence-electron chi connectivity index (χ2n) is 2.60. The van der Waals surface area contributed by atoms with Gasteiger partial charge in [-0.3, -0.25) is 0 Å². The minimum Gasteiger partial charge on any atom is -0.142 e. The smallest absolute Gasteiger partial charge is 0.142 e. The lowest BCUT2D eigenvalue weighted by molar-refractivity contribution is 0.807. The largest absolute Gasteiger partial charge is 0.207 e. The van der Waals surface area contributed by atoms with Crippen LogP contribution in [0.15, 0.2) is 0 Å². The molecule has 0 amide bonds. The normalized spacial score (nSPS) is 17.7. The number of aromatic nitrogens is 2. The molecule has 2 rings (SSSR count). The summed E-state index contributed by atoms with van der Waals surface area (Å²) in [6.45, 7) is 0. The summed E-state index contributed by atoms with van der Waals surface area (Å²) in [5.74, 6) is 0.879. The summed E-state index contributed by atoms with van der Waals surface area (Å²) in [7, 11) is 0. The van der Waals surface area contributed by atoms with Crippen LogP contribution in [0.5, 0.6) is 0 Å². The molecule has 1 saturated carbocycles. The molecule has 0 saturated heterocycles. The Labute approximate surface area is 68.2 Å². The molecule has 10 heavy (non-hydrogen) atoms. The number of nitrogens with zero attached hydrogens (tertiary/aromatic N) is 2. The van der Waals surface area contributed by atoms with E-state index in [9.17, 15) is 0 Å². The summed E-state index contributed by atoms with van der Waals surface area (Å²) < 4.78 is 0.565.